The summed E-state index contributed by atoms with van der Waals surface area (Å²) in [6, 6.07) is 0. The Hall–Kier alpha value is -1.65. The third-order valence-electron chi connectivity index (χ3n) is 5.10. The van der Waals surface area contributed by atoms with Crippen molar-refractivity contribution in [3.05, 3.63) is 12.2 Å². The van der Waals surface area contributed by atoms with Crippen LogP contribution in [0.15, 0.2) is 12.2 Å². The molecule has 0 aromatic heterocycles. The van der Waals surface area contributed by atoms with Gasteiger partial charge in [-0.3, -0.25) is 19.3 Å². The highest BCUT2D eigenvalue weighted by atomic mass is 16.2. The highest BCUT2D eigenvalue weighted by Crippen LogP contribution is 2.34. The Bertz CT molecular complexity index is 466. The molecule has 0 aromatic rings. The topological polar surface area (TPSA) is 57.7 Å². The summed E-state index contributed by atoms with van der Waals surface area (Å²) < 4.78 is 0. The molecule has 5 nitrogen and oxygen atoms in total. The molecule has 2 atom stereocenters. The monoisotopic (exact) mass is 304 g/mol. The number of hydrogen-bond donors (Lipinski definition) is 0. The molecule has 0 radical (unpaired) electrons. The summed E-state index contributed by atoms with van der Waals surface area (Å²) in [6.07, 6.45) is 10.8. The van der Waals surface area contributed by atoms with Crippen molar-refractivity contribution in [3.63, 3.8) is 0 Å². The number of amides is 3. The number of carbonyl (C=O) groups is 3. The minimum absolute atomic E-state index is 0.0648. The first-order valence-electron chi connectivity index (χ1n) is 8.46. The van der Waals surface area contributed by atoms with Crippen LogP contribution in [0.3, 0.4) is 0 Å². The van der Waals surface area contributed by atoms with Crippen LogP contribution < -0.4 is 0 Å². The maximum atomic E-state index is 12.5. The number of imide groups is 1. The van der Waals surface area contributed by atoms with Gasteiger partial charge in [-0.2, -0.15) is 0 Å². The van der Waals surface area contributed by atoms with E-state index in [2.05, 4.69) is 0 Å². The Balaban J connectivity index is 1.63. The number of hydrogen-bond acceptors (Lipinski definition) is 3. The van der Waals surface area contributed by atoms with Gasteiger partial charge >= 0.3 is 0 Å². The zero-order valence-electron chi connectivity index (χ0n) is 13.0. The second-order valence-corrected chi connectivity index (χ2v) is 6.57. The Morgan fingerprint density at radius 3 is 1.95 bits per heavy atom. The summed E-state index contributed by atoms with van der Waals surface area (Å²) in [5.74, 6) is -0.857. The minimum atomic E-state index is -0.238. The highest BCUT2D eigenvalue weighted by molar-refractivity contribution is 6.07. The second-order valence-electron chi connectivity index (χ2n) is 6.57. The van der Waals surface area contributed by atoms with E-state index in [1.54, 1.807) is 0 Å². The van der Waals surface area contributed by atoms with Gasteiger partial charge in [0.05, 0.1) is 11.8 Å². The molecule has 0 N–H and O–H groups in total. The molecule has 5 heteroatoms. The van der Waals surface area contributed by atoms with E-state index in [-0.39, 0.29) is 36.1 Å². The van der Waals surface area contributed by atoms with Crippen molar-refractivity contribution in [2.75, 3.05) is 19.6 Å². The third-order valence-corrected chi connectivity index (χ3v) is 5.10. The van der Waals surface area contributed by atoms with Crippen LogP contribution in [0.2, 0.25) is 0 Å². The van der Waals surface area contributed by atoms with Gasteiger partial charge < -0.3 is 4.90 Å². The molecule has 0 bridgehead atoms. The molecule has 2 aliphatic heterocycles. The second kappa shape index (κ2) is 6.63. The predicted molar refractivity (Wildman–Crippen MR) is 81.7 cm³/mol. The summed E-state index contributed by atoms with van der Waals surface area (Å²) in [4.78, 5) is 40.3. The molecule has 0 spiro atoms. The molecule has 0 saturated carbocycles. The van der Waals surface area contributed by atoms with E-state index < -0.39 is 0 Å². The first kappa shape index (κ1) is 15.3. The van der Waals surface area contributed by atoms with E-state index in [0.717, 1.165) is 38.8 Å². The summed E-state index contributed by atoms with van der Waals surface area (Å²) in [6.45, 7) is 1.44. The molecule has 2 heterocycles. The third kappa shape index (κ3) is 2.94. The normalized spacial score (nSPS) is 29.3. The average molecular weight is 304 g/mol. The number of carbonyl (C=O) groups excluding carboxylic acids is 3. The van der Waals surface area contributed by atoms with Crippen LogP contribution in [0.5, 0.6) is 0 Å². The van der Waals surface area contributed by atoms with Gasteiger partial charge in [-0.15, -0.1) is 0 Å². The number of allylic oxidation sites excluding steroid dienone is 2. The molecule has 2 unspecified atom stereocenters. The van der Waals surface area contributed by atoms with Crippen LogP contribution in [-0.4, -0.2) is 47.2 Å². The molecule has 3 aliphatic rings. The van der Waals surface area contributed by atoms with Gasteiger partial charge in [-0.25, -0.2) is 0 Å². The first-order valence-corrected chi connectivity index (χ1v) is 8.46. The van der Waals surface area contributed by atoms with E-state index in [4.69, 9.17) is 0 Å². The van der Waals surface area contributed by atoms with Gasteiger partial charge in [0.15, 0.2) is 0 Å². The molecular formula is C17H24N2O3. The summed E-state index contributed by atoms with van der Waals surface area (Å²) in [5, 5.41) is 0. The molecule has 120 valence electrons. The lowest BCUT2D eigenvalue weighted by atomic mass is 9.85. The zero-order chi connectivity index (χ0) is 15.5. The van der Waals surface area contributed by atoms with Crippen molar-refractivity contribution < 1.29 is 14.4 Å². The first-order chi connectivity index (χ1) is 10.7. The van der Waals surface area contributed by atoms with E-state index in [0.29, 0.717) is 12.8 Å². The molecular weight excluding hydrogens is 280 g/mol. The van der Waals surface area contributed by atoms with Crippen LogP contribution >= 0.6 is 0 Å². The molecule has 3 amide bonds. The minimum Gasteiger partial charge on any atom is -0.341 e. The number of fused-ring (bicyclic) bond motifs is 1. The lowest BCUT2D eigenvalue weighted by molar-refractivity contribution is -0.146. The zero-order valence-corrected chi connectivity index (χ0v) is 13.0. The van der Waals surface area contributed by atoms with Crippen LogP contribution in [0.4, 0.5) is 0 Å². The van der Waals surface area contributed by atoms with Crippen molar-refractivity contribution in [3.8, 4) is 0 Å². The maximum Gasteiger partial charge on any atom is 0.242 e. The van der Waals surface area contributed by atoms with Crippen LogP contribution in [-0.2, 0) is 14.4 Å². The lowest BCUT2D eigenvalue weighted by Gasteiger charge is -2.26. The van der Waals surface area contributed by atoms with Crippen molar-refractivity contribution in [2.24, 2.45) is 11.8 Å². The number of rotatable bonds is 2. The van der Waals surface area contributed by atoms with Crippen molar-refractivity contribution >= 4 is 17.7 Å². The van der Waals surface area contributed by atoms with Crippen LogP contribution in [0, 0.1) is 11.8 Å². The van der Waals surface area contributed by atoms with Gasteiger partial charge in [0.25, 0.3) is 0 Å². The summed E-state index contributed by atoms with van der Waals surface area (Å²) in [5.41, 5.74) is 0. The van der Waals surface area contributed by atoms with Gasteiger partial charge in [0.1, 0.15) is 6.54 Å². The average Bonchev–Trinajstić information content (AvgIpc) is 2.72. The molecule has 3 rings (SSSR count). The Kier molecular flexibility index (Phi) is 4.60. The Labute approximate surface area is 131 Å². The van der Waals surface area contributed by atoms with Gasteiger partial charge in [0.2, 0.25) is 17.7 Å². The number of likely N-dealkylation sites (tertiary alicyclic amines) is 2. The largest absolute Gasteiger partial charge is 0.341 e. The van der Waals surface area contributed by atoms with E-state index in [1.165, 1.54) is 11.3 Å². The fourth-order valence-electron chi connectivity index (χ4n) is 3.76. The van der Waals surface area contributed by atoms with Crippen molar-refractivity contribution in [2.45, 2.75) is 44.9 Å². The maximum absolute atomic E-state index is 12.5. The molecule has 2 fully saturated rings. The quantitative estimate of drug-likeness (QED) is 0.576. The highest BCUT2D eigenvalue weighted by Gasteiger charge is 2.47. The predicted octanol–water partition coefficient (Wildman–Crippen LogP) is 1.73. The van der Waals surface area contributed by atoms with Gasteiger partial charge in [0, 0.05) is 13.1 Å². The lowest BCUT2D eigenvalue weighted by Crippen LogP contribution is -2.44. The van der Waals surface area contributed by atoms with E-state index in [1.807, 2.05) is 17.1 Å². The standard InChI is InChI=1S/C17H24N2O3/c20-15(18-10-6-2-1-3-7-11-18)12-19-16(21)13-8-4-5-9-14(13)17(19)22/h4-5,13-14H,1-3,6-12H2. The summed E-state index contributed by atoms with van der Waals surface area (Å²) in [7, 11) is 0. The van der Waals surface area contributed by atoms with Gasteiger partial charge in [-0.05, 0) is 25.7 Å². The SMILES string of the molecule is O=C(CN1C(=O)C2CC=CCC2C1=O)N1CCCCCCC1. The Morgan fingerprint density at radius 2 is 1.41 bits per heavy atom. The molecule has 1 aliphatic carbocycles. The molecule has 22 heavy (non-hydrogen) atoms. The van der Waals surface area contributed by atoms with E-state index >= 15 is 0 Å². The Morgan fingerprint density at radius 1 is 0.909 bits per heavy atom. The van der Waals surface area contributed by atoms with Crippen LogP contribution in [0.25, 0.3) is 0 Å². The summed E-state index contributed by atoms with van der Waals surface area (Å²) >= 11 is 0. The molecule has 2 saturated heterocycles. The fraction of sp³-hybridized carbons (Fsp3) is 0.706. The van der Waals surface area contributed by atoms with Crippen LogP contribution in [0.1, 0.15) is 44.9 Å². The van der Waals surface area contributed by atoms with Gasteiger partial charge in [-0.1, -0.05) is 31.4 Å². The smallest absolute Gasteiger partial charge is 0.242 e. The fourth-order valence-corrected chi connectivity index (χ4v) is 3.76. The number of nitrogens with zero attached hydrogens (tertiary/aromatic N) is 2. The van der Waals surface area contributed by atoms with Crippen molar-refractivity contribution in [1.82, 2.24) is 9.80 Å². The molecule has 0 aromatic carbocycles. The van der Waals surface area contributed by atoms with E-state index in [9.17, 15) is 14.4 Å². The van der Waals surface area contributed by atoms with Crippen molar-refractivity contribution in [1.29, 1.82) is 0 Å².